The first-order chi connectivity index (χ1) is 13.5. The normalized spacial score (nSPS) is 32.6. The summed E-state index contributed by atoms with van der Waals surface area (Å²) in [7, 11) is 0. The number of hydrogen-bond donors (Lipinski definition) is 2. The van der Waals surface area contributed by atoms with Crippen LogP contribution in [0.5, 0.6) is 0 Å². The van der Waals surface area contributed by atoms with E-state index in [1.165, 1.54) is 31.5 Å². The fraction of sp³-hybridized carbons (Fsp3) is 0.739. The smallest absolute Gasteiger partial charge is 0.106 e. The summed E-state index contributed by atoms with van der Waals surface area (Å²) < 4.78 is 6.04. The molecule has 156 valence electrons. The first-order valence-corrected chi connectivity index (χ1v) is 11.0. The summed E-state index contributed by atoms with van der Waals surface area (Å²) in [5, 5.41) is 20.4. The van der Waals surface area contributed by atoms with E-state index in [1.807, 2.05) is 0 Å². The first kappa shape index (κ1) is 20.3. The molecule has 0 aliphatic carbocycles. The highest BCUT2D eigenvalue weighted by molar-refractivity contribution is 5.14. The quantitative estimate of drug-likeness (QED) is 0.827. The van der Waals surface area contributed by atoms with Gasteiger partial charge >= 0.3 is 0 Å². The van der Waals surface area contributed by atoms with E-state index in [1.54, 1.807) is 6.92 Å². The van der Waals surface area contributed by atoms with E-state index in [9.17, 15) is 10.2 Å². The molecular weight excluding hydrogens is 352 g/mol. The van der Waals surface area contributed by atoms with Crippen LogP contribution in [-0.2, 0) is 11.2 Å². The van der Waals surface area contributed by atoms with Gasteiger partial charge in [0.2, 0.25) is 0 Å². The molecule has 1 aromatic carbocycles. The molecular formula is C23H36N2O3. The fourth-order valence-corrected chi connectivity index (χ4v) is 5.31. The summed E-state index contributed by atoms with van der Waals surface area (Å²) in [5.74, 6) is 0. The van der Waals surface area contributed by atoms with E-state index < -0.39 is 11.7 Å². The molecule has 3 saturated heterocycles. The third-order valence-corrected chi connectivity index (χ3v) is 7.29. The standard InChI is InChI=1S/C23H36N2O3/c1-22(27)18-23(28-17-21(22)26)10-15-25(16-11-23)20-8-13-24(14-9-20)12-7-19-5-3-2-4-6-19/h2-6,20-21,26-27H,7-18H2,1H3/t21-,22-/m0/s1. The molecule has 3 aliphatic heterocycles. The monoisotopic (exact) mass is 388 g/mol. The predicted molar refractivity (Wildman–Crippen MR) is 110 cm³/mol. The number of aliphatic hydroxyl groups is 2. The minimum Gasteiger partial charge on any atom is -0.388 e. The van der Waals surface area contributed by atoms with Crippen molar-refractivity contribution in [3.05, 3.63) is 35.9 Å². The average molecular weight is 389 g/mol. The summed E-state index contributed by atoms with van der Waals surface area (Å²) in [5.41, 5.74) is 0.166. The van der Waals surface area contributed by atoms with Gasteiger partial charge in [0, 0.05) is 32.1 Å². The summed E-state index contributed by atoms with van der Waals surface area (Å²) in [4.78, 5) is 5.25. The Morgan fingerprint density at radius 1 is 1.07 bits per heavy atom. The van der Waals surface area contributed by atoms with E-state index in [0.717, 1.165) is 38.9 Å². The van der Waals surface area contributed by atoms with Gasteiger partial charge in [-0.1, -0.05) is 30.3 Å². The van der Waals surface area contributed by atoms with Crippen LogP contribution < -0.4 is 0 Å². The van der Waals surface area contributed by atoms with Crippen molar-refractivity contribution in [2.75, 3.05) is 39.3 Å². The predicted octanol–water partition coefficient (Wildman–Crippen LogP) is 2.06. The highest BCUT2D eigenvalue weighted by atomic mass is 16.5. The lowest BCUT2D eigenvalue weighted by Gasteiger charge is -2.51. The largest absolute Gasteiger partial charge is 0.388 e. The van der Waals surface area contributed by atoms with E-state index >= 15 is 0 Å². The number of piperidine rings is 2. The van der Waals surface area contributed by atoms with Gasteiger partial charge in [-0.3, -0.25) is 0 Å². The Labute approximate surface area is 169 Å². The zero-order valence-corrected chi connectivity index (χ0v) is 17.2. The third-order valence-electron chi connectivity index (χ3n) is 7.29. The Hall–Kier alpha value is -0.980. The lowest BCUT2D eigenvalue weighted by molar-refractivity contribution is -0.224. The molecule has 0 unspecified atom stereocenters. The molecule has 2 N–H and O–H groups in total. The Bertz CT molecular complexity index is 620. The number of nitrogens with zero attached hydrogens (tertiary/aromatic N) is 2. The third kappa shape index (κ3) is 4.60. The Morgan fingerprint density at radius 2 is 1.75 bits per heavy atom. The summed E-state index contributed by atoms with van der Waals surface area (Å²) >= 11 is 0. The number of aliphatic hydroxyl groups excluding tert-OH is 1. The molecule has 1 aromatic rings. The lowest BCUT2D eigenvalue weighted by atomic mass is 9.76. The second-order valence-electron chi connectivity index (χ2n) is 9.39. The van der Waals surface area contributed by atoms with Crippen LogP contribution in [-0.4, -0.2) is 82.7 Å². The summed E-state index contributed by atoms with van der Waals surface area (Å²) in [6.45, 7) is 7.63. The maximum Gasteiger partial charge on any atom is 0.106 e. The second-order valence-corrected chi connectivity index (χ2v) is 9.39. The zero-order chi connectivity index (χ0) is 19.6. The highest BCUT2D eigenvalue weighted by Gasteiger charge is 2.49. The molecule has 3 fully saturated rings. The molecule has 0 aromatic heterocycles. The van der Waals surface area contributed by atoms with Crippen molar-refractivity contribution in [2.24, 2.45) is 0 Å². The molecule has 28 heavy (non-hydrogen) atoms. The van der Waals surface area contributed by atoms with Crippen molar-refractivity contribution >= 4 is 0 Å². The molecule has 3 aliphatic rings. The van der Waals surface area contributed by atoms with Gasteiger partial charge in [0.25, 0.3) is 0 Å². The van der Waals surface area contributed by atoms with Crippen LogP contribution >= 0.6 is 0 Å². The van der Waals surface area contributed by atoms with Crippen molar-refractivity contribution in [2.45, 2.75) is 68.8 Å². The van der Waals surface area contributed by atoms with E-state index in [-0.39, 0.29) is 12.2 Å². The fourth-order valence-electron chi connectivity index (χ4n) is 5.31. The van der Waals surface area contributed by atoms with Crippen LogP contribution in [0, 0.1) is 0 Å². The number of ether oxygens (including phenoxy) is 1. The molecule has 4 rings (SSSR count). The minimum atomic E-state index is -1.02. The number of likely N-dealkylation sites (tertiary alicyclic amines) is 2. The van der Waals surface area contributed by atoms with Gasteiger partial charge in [-0.25, -0.2) is 0 Å². The van der Waals surface area contributed by atoms with Crippen LogP contribution in [0.3, 0.4) is 0 Å². The van der Waals surface area contributed by atoms with Crippen molar-refractivity contribution in [3.63, 3.8) is 0 Å². The molecule has 0 bridgehead atoms. The van der Waals surface area contributed by atoms with Crippen LogP contribution in [0.4, 0.5) is 0 Å². The van der Waals surface area contributed by atoms with Gasteiger partial charge in [0.15, 0.2) is 0 Å². The van der Waals surface area contributed by atoms with E-state index in [2.05, 4.69) is 40.1 Å². The van der Waals surface area contributed by atoms with Crippen LogP contribution in [0.15, 0.2) is 30.3 Å². The number of rotatable bonds is 4. The minimum absolute atomic E-state index is 0.240. The average Bonchev–Trinajstić information content (AvgIpc) is 2.71. The van der Waals surface area contributed by atoms with Gasteiger partial charge in [0.1, 0.15) is 6.10 Å². The SMILES string of the molecule is C[C@]1(O)CC2(CCN(C3CCN(CCc4ccccc4)CC3)CC2)OC[C@@H]1O. The topological polar surface area (TPSA) is 56.2 Å². The number of hydrogen-bond acceptors (Lipinski definition) is 5. The van der Waals surface area contributed by atoms with E-state index in [4.69, 9.17) is 4.74 Å². The maximum atomic E-state index is 10.5. The molecule has 0 saturated carbocycles. The molecule has 2 atom stereocenters. The zero-order valence-electron chi connectivity index (χ0n) is 17.2. The van der Waals surface area contributed by atoms with E-state index in [0.29, 0.717) is 12.5 Å². The Morgan fingerprint density at radius 3 is 2.39 bits per heavy atom. The molecule has 0 amide bonds. The van der Waals surface area contributed by atoms with Gasteiger partial charge < -0.3 is 24.7 Å². The van der Waals surface area contributed by atoms with Crippen molar-refractivity contribution in [1.82, 2.24) is 9.80 Å². The molecule has 0 radical (unpaired) electrons. The Kier molecular flexibility index (Phi) is 6.09. The van der Waals surface area contributed by atoms with Crippen molar-refractivity contribution in [3.8, 4) is 0 Å². The maximum absolute atomic E-state index is 10.5. The van der Waals surface area contributed by atoms with Crippen molar-refractivity contribution < 1.29 is 14.9 Å². The molecule has 1 spiro atoms. The summed E-state index contributed by atoms with van der Waals surface area (Å²) in [6.07, 6.45) is 5.34. The van der Waals surface area contributed by atoms with Crippen LogP contribution in [0.2, 0.25) is 0 Å². The van der Waals surface area contributed by atoms with Crippen LogP contribution in [0.1, 0.15) is 44.6 Å². The van der Waals surface area contributed by atoms with Gasteiger partial charge in [-0.2, -0.15) is 0 Å². The lowest BCUT2D eigenvalue weighted by Crippen LogP contribution is -2.60. The first-order valence-electron chi connectivity index (χ1n) is 11.0. The van der Waals surface area contributed by atoms with Gasteiger partial charge in [0.05, 0.1) is 17.8 Å². The van der Waals surface area contributed by atoms with Gasteiger partial charge in [-0.15, -0.1) is 0 Å². The molecule has 5 nitrogen and oxygen atoms in total. The molecule has 5 heteroatoms. The molecule has 3 heterocycles. The Balaban J connectivity index is 1.21. The second kappa shape index (κ2) is 8.41. The summed E-state index contributed by atoms with van der Waals surface area (Å²) in [6, 6.07) is 11.5. The van der Waals surface area contributed by atoms with Crippen molar-refractivity contribution in [1.29, 1.82) is 0 Å². The van der Waals surface area contributed by atoms with Gasteiger partial charge in [-0.05, 0) is 57.7 Å². The number of benzene rings is 1. The highest BCUT2D eigenvalue weighted by Crippen LogP contribution is 2.40. The van der Waals surface area contributed by atoms with Crippen LogP contribution in [0.25, 0.3) is 0 Å².